The van der Waals surface area contributed by atoms with Crippen molar-refractivity contribution >= 4 is 67.4 Å². The molecule has 1 aromatic carbocycles. The number of hydrogen-bond acceptors (Lipinski definition) is 6. The summed E-state index contributed by atoms with van der Waals surface area (Å²) in [6.07, 6.45) is 4.41. The third kappa shape index (κ3) is 3.48. The molecule has 1 N–H and O–H groups in total. The quantitative estimate of drug-likeness (QED) is 0.538. The van der Waals surface area contributed by atoms with Crippen LogP contribution in [0.3, 0.4) is 0 Å². The summed E-state index contributed by atoms with van der Waals surface area (Å²) in [6, 6.07) is 7.78. The van der Waals surface area contributed by atoms with Gasteiger partial charge in [0.2, 0.25) is 5.91 Å². The van der Waals surface area contributed by atoms with E-state index in [1.54, 1.807) is 6.08 Å². The molecule has 0 spiro atoms. The minimum atomic E-state index is -0.486. The Kier molecular flexibility index (Phi) is 4.94. The van der Waals surface area contributed by atoms with Gasteiger partial charge in [0, 0.05) is 21.0 Å². The van der Waals surface area contributed by atoms with E-state index in [0.717, 1.165) is 26.3 Å². The van der Waals surface area contributed by atoms with Gasteiger partial charge in [-0.3, -0.25) is 10.1 Å². The number of carbonyl (C=O) groups is 2. The fourth-order valence-corrected chi connectivity index (χ4v) is 4.10. The van der Waals surface area contributed by atoms with Crippen molar-refractivity contribution in [3.8, 4) is 0 Å². The van der Waals surface area contributed by atoms with Crippen LogP contribution in [0, 0.1) is 0 Å². The Morgan fingerprint density at radius 2 is 2.08 bits per heavy atom. The molecule has 0 bridgehead atoms. The van der Waals surface area contributed by atoms with Gasteiger partial charge in [-0.25, -0.2) is 9.78 Å². The zero-order chi connectivity index (χ0) is 17.1. The molecule has 0 radical (unpaired) electrons. The highest BCUT2D eigenvalue weighted by molar-refractivity contribution is 7.20. The van der Waals surface area contributed by atoms with Gasteiger partial charge in [0.05, 0.1) is 18.3 Å². The van der Waals surface area contributed by atoms with E-state index in [4.69, 9.17) is 11.6 Å². The van der Waals surface area contributed by atoms with Gasteiger partial charge in [0.1, 0.15) is 4.88 Å². The molecular weight excluding hydrogens is 368 g/mol. The zero-order valence-corrected chi connectivity index (χ0v) is 14.8. The molecule has 3 rings (SSSR count). The van der Waals surface area contributed by atoms with Crippen molar-refractivity contribution in [2.75, 3.05) is 12.4 Å². The van der Waals surface area contributed by atoms with Gasteiger partial charge in [0.25, 0.3) is 0 Å². The summed E-state index contributed by atoms with van der Waals surface area (Å²) < 4.78 is 5.65. The highest BCUT2D eigenvalue weighted by atomic mass is 35.5. The molecule has 0 saturated carbocycles. The summed E-state index contributed by atoms with van der Waals surface area (Å²) in [7, 11) is 1.29. The maximum atomic E-state index is 12.0. The summed E-state index contributed by atoms with van der Waals surface area (Å²) in [5, 5.41) is 4.52. The van der Waals surface area contributed by atoms with Crippen LogP contribution in [-0.4, -0.2) is 24.0 Å². The molecule has 0 saturated heterocycles. The molecule has 2 aromatic heterocycles. The van der Waals surface area contributed by atoms with Crippen LogP contribution in [0.5, 0.6) is 0 Å². The molecule has 0 fully saturated rings. The number of ether oxygens (including phenoxy) is 1. The lowest BCUT2D eigenvalue weighted by Gasteiger charge is -1.95. The lowest BCUT2D eigenvalue weighted by molar-refractivity contribution is -0.111. The molecule has 0 aliphatic rings. The summed E-state index contributed by atoms with van der Waals surface area (Å²) in [5.74, 6) is -0.838. The van der Waals surface area contributed by atoms with Gasteiger partial charge in [0.15, 0.2) is 5.13 Å². The van der Waals surface area contributed by atoms with E-state index in [-0.39, 0.29) is 5.91 Å². The van der Waals surface area contributed by atoms with Crippen molar-refractivity contribution in [2.45, 2.75) is 0 Å². The number of amides is 1. The fraction of sp³-hybridized carbons (Fsp3) is 0.0625. The molecule has 0 atom stereocenters. The number of rotatable bonds is 4. The molecule has 8 heteroatoms. The van der Waals surface area contributed by atoms with Crippen LogP contribution in [0.25, 0.3) is 16.2 Å². The SMILES string of the molecule is COC(=O)c1cnc(NC(=O)/C=C\c2sc3ccccc3c2Cl)s1. The lowest BCUT2D eigenvalue weighted by atomic mass is 10.2. The molecule has 24 heavy (non-hydrogen) atoms. The molecule has 3 aromatic rings. The van der Waals surface area contributed by atoms with Crippen molar-refractivity contribution in [3.05, 3.63) is 51.3 Å². The Bertz CT molecular complexity index is 946. The first-order valence-corrected chi connectivity index (χ1v) is 8.80. The van der Waals surface area contributed by atoms with Crippen LogP contribution in [0.4, 0.5) is 5.13 Å². The average Bonchev–Trinajstić information content (AvgIpc) is 3.17. The molecule has 0 aliphatic heterocycles. The maximum absolute atomic E-state index is 12.0. The Labute approximate surface area is 150 Å². The number of anilines is 1. The smallest absolute Gasteiger partial charge is 0.349 e. The van der Waals surface area contributed by atoms with Gasteiger partial charge >= 0.3 is 5.97 Å². The standard InChI is InChI=1S/C16H11ClN2O3S2/c1-22-15(21)12-8-18-16(24-12)19-13(20)7-6-11-14(17)9-4-2-3-5-10(9)23-11/h2-8H,1H3,(H,18,19,20)/b7-6-. The van der Waals surface area contributed by atoms with E-state index < -0.39 is 5.97 Å². The Balaban J connectivity index is 1.71. The number of halogens is 1. The van der Waals surface area contributed by atoms with Crippen LogP contribution in [0.2, 0.25) is 5.02 Å². The predicted molar refractivity (Wildman–Crippen MR) is 98.0 cm³/mol. The van der Waals surface area contributed by atoms with Crippen molar-refractivity contribution in [1.29, 1.82) is 0 Å². The number of nitrogens with one attached hydrogen (secondary N) is 1. The van der Waals surface area contributed by atoms with E-state index in [1.807, 2.05) is 24.3 Å². The van der Waals surface area contributed by atoms with Crippen molar-refractivity contribution in [1.82, 2.24) is 4.98 Å². The second-order valence-electron chi connectivity index (χ2n) is 4.62. The first kappa shape index (κ1) is 16.6. The number of aromatic nitrogens is 1. The van der Waals surface area contributed by atoms with E-state index in [2.05, 4.69) is 15.0 Å². The molecule has 2 heterocycles. The number of hydrogen-bond donors (Lipinski definition) is 1. The molecule has 5 nitrogen and oxygen atoms in total. The highest BCUT2D eigenvalue weighted by Gasteiger charge is 2.12. The van der Waals surface area contributed by atoms with Gasteiger partial charge in [-0.15, -0.1) is 11.3 Å². The Hall–Kier alpha value is -2.22. The maximum Gasteiger partial charge on any atom is 0.349 e. The third-order valence-corrected chi connectivity index (χ3v) is 5.62. The normalized spacial score (nSPS) is 11.1. The number of fused-ring (bicyclic) bond motifs is 1. The van der Waals surface area contributed by atoms with Crippen LogP contribution < -0.4 is 5.32 Å². The third-order valence-electron chi connectivity index (χ3n) is 3.07. The number of thiazole rings is 1. The molecule has 122 valence electrons. The molecule has 0 aliphatic carbocycles. The van der Waals surface area contributed by atoms with Crippen molar-refractivity contribution < 1.29 is 14.3 Å². The van der Waals surface area contributed by atoms with Crippen LogP contribution in [0.1, 0.15) is 14.5 Å². The minimum absolute atomic E-state index is 0.323. The first-order chi connectivity index (χ1) is 11.6. The van der Waals surface area contributed by atoms with E-state index in [0.29, 0.717) is 15.0 Å². The lowest BCUT2D eigenvalue weighted by Crippen LogP contribution is -2.07. The number of carbonyl (C=O) groups excluding carboxylic acids is 2. The van der Waals surface area contributed by atoms with Crippen LogP contribution in [0.15, 0.2) is 36.5 Å². The summed E-state index contributed by atoms with van der Waals surface area (Å²) in [4.78, 5) is 28.4. The zero-order valence-electron chi connectivity index (χ0n) is 12.4. The number of thiophene rings is 1. The number of nitrogens with zero attached hydrogens (tertiary/aromatic N) is 1. The van der Waals surface area contributed by atoms with E-state index >= 15 is 0 Å². The number of benzene rings is 1. The largest absolute Gasteiger partial charge is 0.465 e. The summed E-state index contributed by atoms with van der Waals surface area (Å²) in [5.41, 5.74) is 0. The van der Waals surface area contributed by atoms with E-state index in [9.17, 15) is 9.59 Å². The van der Waals surface area contributed by atoms with Crippen LogP contribution >= 0.6 is 34.3 Å². The van der Waals surface area contributed by atoms with E-state index in [1.165, 1.54) is 30.7 Å². The molecular formula is C16H11ClN2O3S2. The molecule has 1 amide bonds. The van der Waals surface area contributed by atoms with Gasteiger partial charge < -0.3 is 4.74 Å². The second kappa shape index (κ2) is 7.12. The summed E-state index contributed by atoms with van der Waals surface area (Å²) in [6.45, 7) is 0. The average molecular weight is 379 g/mol. The van der Waals surface area contributed by atoms with Gasteiger partial charge in [-0.1, -0.05) is 41.1 Å². The Morgan fingerprint density at radius 3 is 2.83 bits per heavy atom. The van der Waals surface area contributed by atoms with Crippen molar-refractivity contribution in [3.63, 3.8) is 0 Å². The van der Waals surface area contributed by atoms with Crippen molar-refractivity contribution in [2.24, 2.45) is 0 Å². The number of esters is 1. The first-order valence-electron chi connectivity index (χ1n) is 6.78. The predicted octanol–water partition coefficient (Wildman–Crippen LogP) is 4.45. The Morgan fingerprint density at radius 1 is 1.29 bits per heavy atom. The summed E-state index contributed by atoms with van der Waals surface area (Å²) >= 11 is 8.88. The monoisotopic (exact) mass is 378 g/mol. The molecule has 0 unspecified atom stereocenters. The second-order valence-corrected chi connectivity index (χ2v) is 7.11. The van der Waals surface area contributed by atoms with Crippen LogP contribution in [-0.2, 0) is 9.53 Å². The van der Waals surface area contributed by atoms with Gasteiger partial charge in [-0.05, 0) is 12.1 Å². The minimum Gasteiger partial charge on any atom is -0.465 e. The highest BCUT2D eigenvalue weighted by Crippen LogP contribution is 2.35. The fourth-order valence-electron chi connectivity index (χ4n) is 1.97. The topological polar surface area (TPSA) is 68.3 Å². The number of methoxy groups -OCH3 is 1. The van der Waals surface area contributed by atoms with Gasteiger partial charge in [-0.2, -0.15) is 0 Å².